The second-order valence-corrected chi connectivity index (χ2v) is 35.3. The maximum atomic E-state index is 13.5. The molecule has 5 atom stereocenters. The Balaban J connectivity index is 0.000000742. The first-order chi connectivity index (χ1) is 54.3. The minimum absolute atomic E-state index is 0.00737. The summed E-state index contributed by atoms with van der Waals surface area (Å²) in [6.07, 6.45) is 0.181. The van der Waals surface area contributed by atoms with E-state index in [9.17, 15) is 77.5 Å². The van der Waals surface area contributed by atoms with Crippen LogP contribution in [0.2, 0.25) is 0 Å². The molecule has 1 saturated carbocycles. The summed E-state index contributed by atoms with van der Waals surface area (Å²) in [7, 11) is 1.40. The molecular weight excluding hydrogens is 1550 g/mol. The van der Waals surface area contributed by atoms with Crippen LogP contribution in [0.15, 0.2) is 115 Å². The molecule has 119 heavy (non-hydrogen) atoms. The number of nitro groups is 1. The zero-order valence-corrected chi connectivity index (χ0v) is 72.7. The molecule has 1 aliphatic carbocycles. The number of carboxylic acids is 6. The summed E-state index contributed by atoms with van der Waals surface area (Å²) in [6, 6.07) is 29.4. The number of hydrogen-bond acceptors (Lipinski definition) is 21. The number of likely N-dealkylation sites (N-methyl/N-ethyl adjacent to an activating group) is 1. The zero-order chi connectivity index (χ0) is 91.8. The van der Waals surface area contributed by atoms with E-state index in [4.69, 9.17) is 54.0 Å². The lowest BCUT2D eigenvalue weighted by atomic mass is 9.66. The Hall–Kier alpha value is -11.6. The molecule has 4 aromatic rings. The first-order valence-corrected chi connectivity index (χ1v) is 38.6. The number of aliphatic carboxylic acids is 6. The molecule has 10 N–H and O–H groups in total. The van der Waals surface area contributed by atoms with E-state index in [-0.39, 0.29) is 30.7 Å². The van der Waals surface area contributed by atoms with Gasteiger partial charge < -0.3 is 80.3 Å². The number of carboxylic acid groups (broad SMARTS) is 6. The van der Waals surface area contributed by atoms with Crippen molar-refractivity contribution in [1.82, 2.24) is 31.1 Å². The topological polar surface area (TPSA) is 496 Å². The predicted molar refractivity (Wildman–Crippen MR) is 440 cm³/mol. The van der Waals surface area contributed by atoms with Crippen LogP contribution in [0.4, 0.5) is 34.5 Å². The third kappa shape index (κ3) is 40.9. The van der Waals surface area contributed by atoms with Gasteiger partial charge in [-0.2, -0.15) is 0 Å². The van der Waals surface area contributed by atoms with E-state index in [1.807, 2.05) is 91.0 Å². The van der Waals surface area contributed by atoms with Crippen LogP contribution in [-0.2, 0) is 73.8 Å². The molecule has 1 saturated heterocycles. The van der Waals surface area contributed by atoms with Gasteiger partial charge in [0.2, 0.25) is 0 Å². The number of nitrogens with zero attached hydrogens (tertiary/aromatic N) is 3. The summed E-state index contributed by atoms with van der Waals surface area (Å²) in [5, 5.41) is 74.6. The number of hydrogen-bond donors (Lipinski definition) is 10. The third-order valence-corrected chi connectivity index (χ3v) is 16.7. The molecule has 6 amide bonds. The minimum Gasteiger partial charge on any atom is -0.480 e. The lowest BCUT2D eigenvalue weighted by molar-refractivity contribution is -0.384. The predicted octanol–water partition coefficient (Wildman–Crippen LogP) is 14.6. The highest BCUT2D eigenvalue weighted by Crippen LogP contribution is 2.43. The first kappa shape index (κ1) is 105. The number of nitro benzene ring substituents is 1. The number of carbonyl (C=O) groups is 13. The van der Waals surface area contributed by atoms with Crippen LogP contribution in [-0.4, -0.2) is 206 Å². The summed E-state index contributed by atoms with van der Waals surface area (Å²) in [5.74, 6) is -6.87. The smallest absolute Gasteiger partial charge is 0.411 e. The molecule has 34 heteroatoms. The number of likely N-dealkylation sites (tertiary alicyclic amines) is 1. The van der Waals surface area contributed by atoms with E-state index < -0.39 is 157 Å². The van der Waals surface area contributed by atoms with Crippen molar-refractivity contribution < 1.29 is 126 Å². The standard InChI is InChI=1S/C29H31NO5.C14H18N2O6.2C11H19NO4.C11H21NO4.C9H17NO4/c1-28(2,3)35-27(34)30-25(26(32)33)19-24(31)20-29(21-13-7-4-8-14-21,22-15-9-5-10-16-22)23-17-11-6-12-18-23;1-14(2,3)22-13(19)15-11(12(17)18)8-9-4-6-10(7-5-9)16(20)21;1-10(2,3)16-9(15)12-11(8(13)14)6-4-5-7-11;1-11(2,3)16-10(15)12-7-5-4-6-8(12)9(13)14;1-10(2,3)7(8(13)14)12-9(15)16-11(4,5)6;1-6(7(11)12)10(5)8(13)14-9(2,3)4/h4-18,25H,19-20H2,1-3H3,(H,30,34)(H,32,33);4-7,11H,8H2,1-3H3,(H,15,19)(H,17,18);4-7H2,1-3H3,(H,12,15)(H,13,14);8H,4-7H2,1-3H3,(H,13,14);7H,1-6H3,(H,12,15)(H,13,14);6H,1-5H3,(H,11,12)/t25-;11-;;8-;7-;6-/m01.010/s1. The highest BCUT2D eigenvalue weighted by Gasteiger charge is 2.45. The number of non-ortho nitro benzene ring substituents is 1. The maximum Gasteiger partial charge on any atom is 0.411 e. The van der Waals surface area contributed by atoms with Gasteiger partial charge in [0.25, 0.3) is 5.69 Å². The number of benzene rings is 4. The maximum absolute atomic E-state index is 13.5. The molecule has 0 unspecified atom stereocenters. The monoisotopic (exact) mass is 1680 g/mol. The fourth-order valence-electron chi connectivity index (χ4n) is 11.2. The molecule has 662 valence electrons. The van der Waals surface area contributed by atoms with Gasteiger partial charge in [-0.25, -0.2) is 57.5 Å². The molecular formula is C85H125N7O27. The van der Waals surface area contributed by atoms with E-state index in [0.29, 0.717) is 31.4 Å². The molecule has 4 aromatic carbocycles. The molecule has 0 radical (unpaired) electrons. The number of piperidine rings is 1. The third-order valence-electron chi connectivity index (χ3n) is 16.7. The lowest BCUT2D eigenvalue weighted by Gasteiger charge is -2.36. The average molecular weight is 1680 g/mol. The zero-order valence-electron chi connectivity index (χ0n) is 72.7. The highest BCUT2D eigenvalue weighted by molar-refractivity contribution is 5.90. The Morgan fingerprint density at radius 2 is 0.866 bits per heavy atom. The van der Waals surface area contributed by atoms with Gasteiger partial charge in [0.1, 0.15) is 75.1 Å². The van der Waals surface area contributed by atoms with Crippen LogP contribution in [0, 0.1) is 15.5 Å². The van der Waals surface area contributed by atoms with Crippen LogP contribution < -0.4 is 21.3 Å². The molecule has 0 spiro atoms. The summed E-state index contributed by atoms with van der Waals surface area (Å²) < 4.78 is 30.4. The van der Waals surface area contributed by atoms with Crippen LogP contribution >= 0.6 is 0 Å². The molecule has 34 nitrogen and oxygen atoms in total. The van der Waals surface area contributed by atoms with Crippen molar-refractivity contribution in [2.24, 2.45) is 5.41 Å². The number of Topliss-reactive ketones (excluding diaryl/α,β-unsaturated/α-hetero) is 1. The molecule has 2 fully saturated rings. The second kappa shape index (κ2) is 45.9. The van der Waals surface area contributed by atoms with Crippen LogP contribution in [0.1, 0.15) is 232 Å². The molecule has 2 aliphatic rings. The SMILES string of the molecule is CC(C)(C)OC(=O)N1CCCC[C@H]1C(=O)O.CC(C)(C)OC(=O)NC1(C(=O)O)CCCC1.CC(C)(C)OC(=O)N[C@@H](CC(=O)CC(c1ccccc1)(c1ccccc1)c1ccccc1)C(=O)O.CC(C)(C)OC(=O)N[C@H](C(=O)O)C(C)(C)C.CC(C)(C)OC(=O)N[C@H](Cc1ccc([N+](=O)[O-])cc1)C(=O)O.C[C@@H](C(=O)O)N(C)C(=O)OC(C)(C)C. The van der Waals surface area contributed by atoms with Crippen molar-refractivity contribution >= 4 is 83.8 Å². The number of ether oxygens (including phenoxy) is 6. The Morgan fingerprint density at radius 3 is 1.20 bits per heavy atom. The van der Waals surface area contributed by atoms with Crippen LogP contribution in [0.5, 0.6) is 0 Å². The fourth-order valence-corrected chi connectivity index (χ4v) is 11.2. The van der Waals surface area contributed by atoms with Crippen molar-refractivity contribution in [3.05, 3.63) is 148 Å². The van der Waals surface area contributed by atoms with Gasteiger partial charge >= 0.3 is 72.4 Å². The number of rotatable bonds is 21. The number of nitrogens with one attached hydrogen (secondary N) is 4. The van der Waals surface area contributed by atoms with Crippen molar-refractivity contribution in [3.8, 4) is 0 Å². The summed E-state index contributed by atoms with van der Waals surface area (Å²) >= 11 is 0. The van der Waals surface area contributed by atoms with Gasteiger partial charge in [-0.3, -0.25) is 24.7 Å². The van der Waals surface area contributed by atoms with Gasteiger partial charge in [-0.1, -0.05) is 137 Å². The van der Waals surface area contributed by atoms with Crippen molar-refractivity contribution in [2.45, 2.75) is 291 Å². The lowest BCUT2D eigenvalue weighted by Crippen LogP contribution is -2.53. The Bertz CT molecular complexity index is 3910. The minimum atomic E-state index is -1.41. The Morgan fingerprint density at radius 1 is 0.487 bits per heavy atom. The highest BCUT2D eigenvalue weighted by atomic mass is 16.6. The average Bonchev–Trinajstić information content (AvgIpc) is 1.09. The van der Waals surface area contributed by atoms with E-state index >= 15 is 0 Å². The molecule has 0 bridgehead atoms. The summed E-state index contributed by atoms with van der Waals surface area (Å²) in [5.41, 5.74) is -3.28. The molecule has 1 aliphatic heterocycles. The van der Waals surface area contributed by atoms with Gasteiger partial charge in [0.05, 0.1) is 10.3 Å². The van der Waals surface area contributed by atoms with E-state index in [1.165, 1.54) is 43.1 Å². The van der Waals surface area contributed by atoms with Gasteiger partial charge in [-0.15, -0.1) is 0 Å². The van der Waals surface area contributed by atoms with Gasteiger partial charge in [0.15, 0.2) is 0 Å². The molecule has 1 heterocycles. The van der Waals surface area contributed by atoms with Crippen molar-refractivity contribution in [3.63, 3.8) is 0 Å². The second-order valence-electron chi connectivity index (χ2n) is 35.3. The fraction of sp³-hybridized carbons (Fsp3) is 0.565. The number of carbonyl (C=O) groups excluding carboxylic acids is 7. The van der Waals surface area contributed by atoms with E-state index in [0.717, 1.165) is 47.3 Å². The number of alkyl carbamates (subject to hydrolysis) is 4. The summed E-state index contributed by atoms with van der Waals surface area (Å²) in [4.78, 5) is 163. The van der Waals surface area contributed by atoms with Gasteiger partial charge in [0, 0.05) is 45.0 Å². The molecule has 0 aromatic heterocycles. The van der Waals surface area contributed by atoms with E-state index in [1.54, 1.807) is 145 Å². The first-order valence-electron chi connectivity index (χ1n) is 38.6. The van der Waals surface area contributed by atoms with Gasteiger partial charge in [-0.05, 0) is 191 Å². The largest absolute Gasteiger partial charge is 0.480 e. The van der Waals surface area contributed by atoms with Crippen molar-refractivity contribution in [2.75, 3.05) is 13.6 Å². The quantitative estimate of drug-likeness (QED) is 0.0160. The van der Waals surface area contributed by atoms with Crippen molar-refractivity contribution in [1.29, 1.82) is 0 Å². The van der Waals surface area contributed by atoms with E-state index in [2.05, 4.69) is 21.3 Å². The number of amides is 6. The number of ketones is 1. The normalized spacial score (nSPS) is 14.9. The van der Waals surface area contributed by atoms with Crippen LogP contribution in [0.25, 0.3) is 0 Å². The molecule has 6 rings (SSSR count). The van der Waals surface area contributed by atoms with Crippen LogP contribution in [0.3, 0.4) is 0 Å². The Kier molecular flexibility index (Phi) is 40.7. The summed E-state index contributed by atoms with van der Waals surface area (Å²) in [6.45, 7) is 38.0. The Labute approximate surface area is 696 Å².